The van der Waals surface area contributed by atoms with E-state index in [1.54, 1.807) is 38.7 Å². The molecule has 1 aromatic heterocycles. The largest absolute Gasteiger partial charge is 0.385 e. The highest BCUT2D eigenvalue weighted by Gasteiger charge is 2.33. The number of nitrogens with zero attached hydrogens (tertiary/aromatic N) is 2. The summed E-state index contributed by atoms with van der Waals surface area (Å²) in [4.78, 5) is 4.27. The van der Waals surface area contributed by atoms with Gasteiger partial charge in [-0.05, 0) is 36.1 Å². The van der Waals surface area contributed by atoms with Gasteiger partial charge in [-0.2, -0.15) is 4.31 Å². The van der Waals surface area contributed by atoms with Gasteiger partial charge in [-0.1, -0.05) is 18.9 Å². The van der Waals surface area contributed by atoms with E-state index in [0.29, 0.717) is 23.3 Å². The van der Waals surface area contributed by atoms with E-state index in [4.69, 9.17) is 4.74 Å². The van der Waals surface area contributed by atoms with Crippen LogP contribution in [0.1, 0.15) is 32.1 Å². The maximum absolute atomic E-state index is 12.4. The summed E-state index contributed by atoms with van der Waals surface area (Å²) in [6.07, 6.45) is 6.01. The first kappa shape index (κ1) is 22.1. The van der Waals surface area contributed by atoms with Gasteiger partial charge in [0, 0.05) is 47.4 Å². The summed E-state index contributed by atoms with van der Waals surface area (Å²) in [7, 11) is 1.68. The zero-order valence-electron chi connectivity index (χ0n) is 16.5. The van der Waals surface area contributed by atoms with Crippen LogP contribution in [0.3, 0.4) is 0 Å². The van der Waals surface area contributed by atoms with Crippen molar-refractivity contribution < 1.29 is 13.2 Å². The highest BCUT2D eigenvalue weighted by Crippen LogP contribution is 2.40. The number of guanidine groups is 1. The first-order valence-electron chi connectivity index (χ1n) is 9.37. The van der Waals surface area contributed by atoms with Gasteiger partial charge in [0.1, 0.15) is 4.21 Å². The number of aliphatic imine (C=N–C) groups is 1. The standard InChI is InChI=1S/C18H32N4O3S2/c1-19-17(21-15-18(10-13-25-3)8-4-5-9-18)20-11-12-22(2)27(23,24)16-7-6-14-26-16/h6-7,14H,4-5,8-13,15H2,1-3H3,(H2,19,20,21). The van der Waals surface area contributed by atoms with Gasteiger partial charge in [0.25, 0.3) is 10.0 Å². The molecule has 1 aromatic rings. The van der Waals surface area contributed by atoms with Gasteiger partial charge in [0.15, 0.2) is 5.96 Å². The monoisotopic (exact) mass is 416 g/mol. The summed E-state index contributed by atoms with van der Waals surface area (Å²) in [5.74, 6) is 0.709. The smallest absolute Gasteiger partial charge is 0.252 e. The third-order valence-electron chi connectivity index (χ3n) is 5.23. The Morgan fingerprint density at radius 1 is 1.37 bits per heavy atom. The highest BCUT2D eigenvalue weighted by molar-refractivity contribution is 7.91. The molecule has 1 aliphatic rings. The van der Waals surface area contributed by atoms with Crippen LogP contribution in [-0.4, -0.2) is 66.1 Å². The number of hydrogen-bond acceptors (Lipinski definition) is 5. The molecule has 0 radical (unpaired) electrons. The number of likely N-dealkylation sites (N-methyl/N-ethyl adjacent to an activating group) is 1. The Hall–Kier alpha value is -1.16. The van der Waals surface area contributed by atoms with E-state index in [1.165, 1.54) is 41.3 Å². The fraction of sp³-hybridized carbons (Fsp3) is 0.722. The number of thiophene rings is 1. The second-order valence-corrected chi connectivity index (χ2v) is 10.3. The van der Waals surface area contributed by atoms with Gasteiger partial charge in [-0.15, -0.1) is 11.3 Å². The number of hydrogen-bond donors (Lipinski definition) is 2. The minimum atomic E-state index is -3.41. The average molecular weight is 417 g/mol. The molecular weight excluding hydrogens is 384 g/mol. The van der Waals surface area contributed by atoms with E-state index in [0.717, 1.165) is 19.6 Å². The normalized spacial score (nSPS) is 17.4. The molecule has 0 saturated heterocycles. The topological polar surface area (TPSA) is 83.0 Å². The van der Waals surface area contributed by atoms with Gasteiger partial charge in [-0.25, -0.2) is 8.42 Å². The Kier molecular flexibility index (Phi) is 8.53. The molecule has 0 unspecified atom stereocenters. The molecule has 0 atom stereocenters. The van der Waals surface area contributed by atoms with Crippen molar-refractivity contribution in [2.24, 2.45) is 10.4 Å². The fourth-order valence-electron chi connectivity index (χ4n) is 3.47. The molecular formula is C18H32N4O3S2. The van der Waals surface area contributed by atoms with Crippen molar-refractivity contribution in [3.8, 4) is 0 Å². The molecule has 0 amide bonds. The second kappa shape index (κ2) is 10.4. The van der Waals surface area contributed by atoms with E-state index in [9.17, 15) is 8.42 Å². The molecule has 0 aromatic carbocycles. The van der Waals surface area contributed by atoms with Crippen LogP contribution in [0.5, 0.6) is 0 Å². The Labute approximate surface area is 167 Å². The van der Waals surface area contributed by atoms with E-state index in [1.807, 2.05) is 0 Å². The molecule has 0 bridgehead atoms. The van der Waals surface area contributed by atoms with Gasteiger partial charge < -0.3 is 15.4 Å². The van der Waals surface area contributed by atoms with Crippen LogP contribution in [0.25, 0.3) is 0 Å². The van der Waals surface area contributed by atoms with Gasteiger partial charge >= 0.3 is 0 Å². The van der Waals surface area contributed by atoms with E-state index < -0.39 is 10.0 Å². The summed E-state index contributed by atoms with van der Waals surface area (Å²) in [5, 5.41) is 8.41. The van der Waals surface area contributed by atoms with Crippen molar-refractivity contribution in [3.63, 3.8) is 0 Å². The molecule has 0 aliphatic heterocycles. The molecule has 0 spiro atoms. The predicted molar refractivity (Wildman–Crippen MR) is 111 cm³/mol. The molecule has 9 heteroatoms. The van der Waals surface area contributed by atoms with Crippen molar-refractivity contribution >= 4 is 27.3 Å². The van der Waals surface area contributed by atoms with Crippen LogP contribution < -0.4 is 10.6 Å². The Morgan fingerprint density at radius 2 is 2.11 bits per heavy atom. The van der Waals surface area contributed by atoms with E-state index in [-0.39, 0.29) is 5.41 Å². The van der Waals surface area contributed by atoms with Crippen LogP contribution in [0.2, 0.25) is 0 Å². The molecule has 2 N–H and O–H groups in total. The number of sulfonamides is 1. The molecule has 2 rings (SSSR count). The third-order valence-corrected chi connectivity index (χ3v) is 8.46. The number of nitrogens with one attached hydrogen (secondary N) is 2. The van der Waals surface area contributed by atoms with Crippen molar-refractivity contribution in [1.29, 1.82) is 0 Å². The quantitative estimate of drug-likeness (QED) is 0.451. The lowest BCUT2D eigenvalue weighted by atomic mass is 9.83. The highest BCUT2D eigenvalue weighted by atomic mass is 32.2. The molecule has 7 nitrogen and oxygen atoms in total. The van der Waals surface area contributed by atoms with Crippen LogP contribution in [0, 0.1) is 5.41 Å². The number of ether oxygens (including phenoxy) is 1. The minimum Gasteiger partial charge on any atom is -0.385 e. The zero-order valence-corrected chi connectivity index (χ0v) is 18.2. The number of rotatable bonds is 10. The van der Waals surface area contributed by atoms with Crippen molar-refractivity contribution in [2.75, 3.05) is 47.4 Å². The zero-order chi connectivity index (χ0) is 19.8. The van der Waals surface area contributed by atoms with Gasteiger partial charge in [0.05, 0.1) is 0 Å². The Bertz CT molecular complexity index is 683. The summed E-state index contributed by atoms with van der Waals surface area (Å²) in [6.45, 7) is 2.50. The number of methoxy groups -OCH3 is 1. The predicted octanol–water partition coefficient (Wildman–Crippen LogP) is 2.13. The van der Waals surface area contributed by atoms with Crippen LogP contribution >= 0.6 is 11.3 Å². The fourth-order valence-corrected chi connectivity index (χ4v) is 5.84. The maximum Gasteiger partial charge on any atom is 0.252 e. The minimum absolute atomic E-state index is 0.271. The summed E-state index contributed by atoms with van der Waals surface area (Å²) in [5.41, 5.74) is 0.271. The first-order valence-corrected chi connectivity index (χ1v) is 11.7. The third kappa shape index (κ3) is 6.17. The molecule has 154 valence electrons. The molecule has 1 saturated carbocycles. The van der Waals surface area contributed by atoms with Crippen molar-refractivity contribution in [1.82, 2.24) is 14.9 Å². The lowest BCUT2D eigenvalue weighted by Crippen LogP contribution is -2.45. The Balaban J connectivity index is 1.80. The SMILES string of the molecule is CN=C(NCCN(C)S(=O)(=O)c1cccs1)NCC1(CCOC)CCCC1. The lowest BCUT2D eigenvalue weighted by Gasteiger charge is -2.30. The summed E-state index contributed by atoms with van der Waals surface area (Å²) < 4.78 is 31.9. The van der Waals surface area contributed by atoms with Crippen LogP contribution in [0.4, 0.5) is 0 Å². The Morgan fingerprint density at radius 3 is 2.70 bits per heavy atom. The molecule has 27 heavy (non-hydrogen) atoms. The first-order chi connectivity index (χ1) is 12.9. The van der Waals surface area contributed by atoms with Gasteiger partial charge in [-0.3, -0.25) is 4.99 Å². The molecule has 1 fully saturated rings. The van der Waals surface area contributed by atoms with Crippen molar-refractivity contribution in [3.05, 3.63) is 17.5 Å². The van der Waals surface area contributed by atoms with E-state index >= 15 is 0 Å². The summed E-state index contributed by atoms with van der Waals surface area (Å²) >= 11 is 1.23. The molecule has 1 aliphatic carbocycles. The maximum atomic E-state index is 12.4. The lowest BCUT2D eigenvalue weighted by molar-refractivity contribution is 0.138. The van der Waals surface area contributed by atoms with Crippen LogP contribution in [0.15, 0.2) is 26.7 Å². The molecule has 1 heterocycles. The summed E-state index contributed by atoms with van der Waals surface area (Å²) in [6, 6.07) is 3.38. The van der Waals surface area contributed by atoms with Gasteiger partial charge in [0.2, 0.25) is 0 Å². The van der Waals surface area contributed by atoms with Crippen LogP contribution in [-0.2, 0) is 14.8 Å². The second-order valence-electron chi connectivity index (χ2n) is 7.06. The van der Waals surface area contributed by atoms with E-state index in [2.05, 4.69) is 15.6 Å². The van der Waals surface area contributed by atoms with Crippen molar-refractivity contribution in [2.45, 2.75) is 36.3 Å². The average Bonchev–Trinajstić information content (AvgIpc) is 3.35.